The Hall–Kier alpha value is -2.53. The summed E-state index contributed by atoms with van der Waals surface area (Å²) >= 11 is 5.90. The van der Waals surface area contributed by atoms with Gasteiger partial charge in [0.25, 0.3) is 5.91 Å². The van der Waals surface area contributed by atoms with Crippen molar-refractivity contribution < 1.29 is 9.59 Å². The zero-order valence-electron chi connectivity index (χ0n) is 15.3. The van der Waals surface area contributed by atoms with Crippen LogP contribution in [-0.2, 0) is 4.79 Å². The van der Waals surface area contributed by atoms with Crippen LogP contribution in [0.5, 0.6) is 0 Å². The van der Waals surface area contributed by atoms with E-state index in [0.29, 0.717) is 16.3 Å². The van der Waals surface area contributed by atoms with Crippen molar-refractivity contribution >= 4 is 34.8 Å². The van der Waals surface area contributed by atoms with Gasteiger partial charge in [0.1, 0.15) is 0 Å². The van der Waals surface area contributed by atoms with Gasteiger partial charge in [0.2, 0.25) is 5.91 Å². The second-order valence-corrected chi connectivity index (χ2v) is 6.62. The molecule has 0 saturated carbocycles. The monoisotopic (exact) mass is 373 g/mol. The number of nitrogens with one attached hydrogen (secondary N) is 1. The maximum Gasteiger partial charge on any atom is 0.254 e. The molecule has 0 heterocycles. The number of anilines is 2. The third kappa shape index (κ3) is 5.49. The Balaban J connectivity index is 1.95. The molecule has 0 aliphatic carbocycles. The van der Waals surface area contributed by atoms with Gasteiger partial charge in [-0.25, -0.2) is 0 Å². The number of carbonyl (C=O) groups is 2. The Kier molecular flexibility index (Phi) is 7.04. The molecule has 0 spiro atoms. The summed E-state index contributed by atoms with van der Waals surface area (Å²) in [4.78, 5) is 28.2. The number of carbonyl (C=O) groups excluding carboxylic acids is 2. The number of halogens is 1. The van der Waals surface area contributed by atoms with E-state index in [4.69, 9.17) is 11.6 Å². The molecule has 0 aliphatic heterocycles. The molecular formula is C20H24ClN3O2. The van der Waals surface area contributed by atoms with E-state index < -0.39 is 0 Å². The van der Waals surface area contributed by atoms with E-state index in [1.807, 2.05) is 19.2 Å². The fourth-order valence-corrected chi connectivity index (χ4v) is 2.79. The predicted molar refractivity (Wildman–Crippen MR) is 107 cm³/mol. The lowest BCUT2D eigenvalue weighted by atomic mass is 10.1. The van der Waals surface area contributed by atoms with E-state index in [1.165, 1.54) is 4.90 Å². The molecule has 2 aromatic carbocycles. The molecular weight excluding hydrogens is 350 g/mol. The number of rotatable bonds is 7. The van der Waals surface area contributed by atoms with Crippen LogP contribution in [0.3, 0.4) is 0 Å². The Bertz CT molecular complexity index is 762. The van der Waals surface area contributed by atoms with Crippen molar-refractivity contribution in [3.63, 3.8) is 0 Å². The molecule has 6 heteroatoms. The van der Waals surface area contributed by atoms with Crippen LogP contribution in [0.15, 0.2) is 48.5 Å². The van der Waals surface area contributed by atoms with Gasteiger partial charge in [0.05, 0.1) is 6.54 Å². The minimum absolute atomic E-state index is 0.0389. The van der Waals surface area contributed by atoms with Gasteiger partial charge in [-0.2, -0.15) is 0 Å². The molecule has 5 nitrogen and oxygen atoms in total. The summed E-state index contributed by atoms with van der Waals surface area (Å²) in [6, 6.07) is 14.3. The van der Waals surface area contributed by atoms with E-state index in [1.54, 1.807) is 43.4 Å². The number of amides is 2. The number of nitrogens with zero attached hydrogens (tertiary/aromatic N) is 2. The van der Waals surface area contributed by atoms with Crippen LogP contribution in [-0.4, -0.2) is 43.9 Å². The van der Waals surface area contributed by atoms with Crippen LogP contribution in [0.1, 0.15) is 23.7 Å². The fraction of sp³-hybridized carbons (Fsp3) is 0.300. The van der Waals surface area contributed by atoms with E-state index >= 15 is 0 Å². The first-order valence-corrected chi connectivity index (χ1v) is 8.90. The third-order valence-corrected chi connectivity index (χ3v) is 4.18. The molecule has 26 heavy (non-hydrogen) atoms. The summed E-state index contributed by atoms with van der Waals surface area (Å²) in [5.74, 6) is -0.474. The summed E-state index contributed by atoms with van der Waals surface area (Å²) in [5.41, 5.74) is 2.22. The maximum atomic E-state index is 12.5. The lowest BCUT2D eigenvalue weighted by molar-refractivity contribution is -0.116. The highest BCUT2D eigenvalue weighted by molar-refractivity contribution is 6.30. The highest BCUT2D eigenvalue weighted by atomic mass is 35.5. The van der Waals surface area contributed by atoms with Gasteiger partial charge in [-0.3, -0.25) is 9.59 Å². The van der Waals surface area contributed by atoms with Crippen LogP contribution in [0.25, 0.3) is 0 Å². The highest BCUT2D eigenvalue weighted by Crippen LogP contribution is 2.16. The molecule has 138 valence electrons. The topological polar surface area (TPSA) is 52.7 Å². The zero-order chi connectivity index (χ0) is 19.1. The van der Waals surface area contributed by atoms with Crippen molar-refractivity contribution in [2.75, 3.05) is 37.4 Å². The van der Waals surface area contributed by atoms with Crippen molar-refractivity contribution in [2.45, 2.75) is 13.3 Å². The van der Waals surface area contributed by atoms with Crippen LogP contribution in [0.4, 0.5) is 11.4 Å². The third-order valence-electron chi connectivity index (χ3n) is 3.95. The standard InChI is InChI=1S/C20H24ClN3O2/c1-4-12-23(2)18-10-8-15(9-11-18)20(26)24(3)14-19(25)22-17-7-5-6-16(21)13-17/h5-11,13H,4,12,14H2,1-3H3,(H,22,25). The van der Waals surface area contributed by atoms with Crippen LogP contribution < -0.4 is 10.2 Å². The average Bonchev–Trinajstić information content (AvgIpc) is 2.61. The number of likely N-dealkylation sites (N-methyl/N-ethyl adjacent to an activating group) is 1. The molecule has 2 rings (SSSR count). The Morgan fingerprint density at radius 2 is 1.77 bits per heavy atom. The van der Waals surface area contributed by atoms with Crippen LogP contribution >= 0.6 is 11.6 Å². The van der Waals surface area contributed by atoms with Crippen LogP contribution in [0.2, 0.25) is 5.02 Å². The summed E-state index contributed by atoms with van der Waals surface area (Å²) < 4.78 is 0. The Morgan fingerprint density at radius 3 is 2.38 bits per heavy atom. The van der Waals surface area contributed by atoms with Gasteiger partial charge in [0, 0.05) is 42.6 Å². The van der Waals surface area contributed by atoms with E-state index in [9.17, 15) is 9.59 Å². The first-order valence-electron chi connectivity index (χ1n) is 8.52. The summed E-state index contributed by atoms with van der Waals surface area (Å²) in [7, 11) is 3.63. The molecule has 0 bridgehead atoms. The molecule has 2 amide bonds. The van der Waals surface area contributed by atoms with Gasteiger partial charge in [-0.1, -0.05) is 24.6 Å². The first kappa shape index (κ1) is 19.8. The first-order chi connectivity index (χ1) is 12.4. The number of benzene rings is 2. The minimum atomic E-state index is -0.276. The normalized spacial score (nSPS) is 10.3. The average molecular weight is 374 g/mol. The Labute approximate surface area is 159 Å². The van der Waals surface area contributed by atoms with Crippen molar-refractivity contribution in [3.8, 4) is 0 Å². The summed E-state index contributed by atoms with van der Waals surface area (Å²) in [6.45, 7) is 3.04. The molecule has 0 saturated heterocycles. The van der Waals surface area contributed by atoms with E-state index in [0.717, 1.165) is 18.7 Å². The molecule has 0 fully saturated rings. The largest absolute Gasteiger partial charge is 0.375 e. The van der Waals surface area contributed by atoms with Crippen molar-refractivity contribution in [3.05, 3.63) is 59.1 Å². The van der Waals surface area contributed by atoms with Gasteiger partial charge < -0.3 is 15.1 Å². The van der Waals surface area contributed by atoms with Gasteiger partial charge in [-0.05, 0) is 48.9 Å². The second kappa shape index (κ2) is 9.25. The summed E-state index contributed by atoms with van der Waals surface area (Å²) in [6.07, 6.45) is 1.06. The highest BCUT2D eigenvalue weighted by Gasteiger charge is 2.15. The van der Waals surface area contributed by atoms with Gasteiger partial charge in [0.15, 0.2) is 0 Å². The van der Waals surface area contributed by atoms with Crippen molar-refractivity contribution in [2.24, 2.45) is 0 Å². The number of hydrogen-bond donors (Lipinski definition) is 1. The number of hydrogen-bond acceptors (Lipinski definition) is 3. The van der Waals surface area contributed by atoms with Crippen LogP contribution in [0, 0.1) is 0 Å². The van der Waals surface area contributed by atoms with Gasteiger partial charge in [-0.15, -0.1) is 0 Å². The zero-order valence-corrected chi connectivity index (χ0v) is 16.1. The van der Waals surface area contributed by atoms with Crippen molar-refractivity contribution in [1.82, 2.24) is 4.90 Å². The lowest BCUT2D eigenvalue weighted by Crippen LogP contribution is -2.34. The molecule has 0 unspecified atom stereocenters. The molecule has 2 aromatic rings. The quantitative estimate of drug-likeness (QED) is 0.800. The van der Waals surface area contributed by atoms with Gasteiger partial charge >= 0.3 is 0 Å². The molecule has 0 aliphatic rings. The lowest BCUT2D eigenvalue weighted by Gasteiger charge is -2.20. The SMILES string of the molecule is CCCN(C)c1ccc(C(=O)N(C)CC(=O)Nc2cccc(Cl)c2)cc1. The van der Waals surface area contributed by atoms with E-state index in [2.05, 4.69) is 17.1 Å². The maximum absolute atomic E-state index is 12.5. The molecule has 0 atom stereocenters. The Morgan fingerprint density at radius 1 is 1.08 bits per heavy atom. The molecule has 0 radical (unpaired) electrons. The van der Waals surface area contributed by atoms with E-state index in [-0.39, 0.29) is 18.4 Å². The second-order valence-electron chi connectivity index (χ2n) is 6.19. The molecule has 0 aromatic heterocycles. The fourth-order valence-electron chi connectivity index (χ4n) is 2.60. The summed E-state index contributed by atoms with van der Waals surface area (Å²) in [5, 5.41) is 3.28. The molecule has 1 N–H and O–H groups in total. The predicted octanol–water partition coefficient (Wildman–Crippen LogP) is 3.90. The smallest absolute Gasteiger partial charge is 0.254 e. The minimum Gasteiger partial charge on any atom is -0.375 e. The van der Waals surface area contributed by atoms with Crippen molar-refractivity contribution in [1.29, 1.82) is 0 Å².